The quantitative estimate of drug-likeness (QED) is 0.575. The van der Waals surface area contributed by atoms with E-state index in [2.05, 4.69) is 25.5 Å². The Morgan fingerprint density at radius 3 is 2.79 bits per heavy atom. The van der Waals surface area contributed by atoms with Crippen LogP contribution in [0.1, 0.15) is 5.56 Å². The molecule has 0 radical (unpaired) electrons. The van der Waals surface area contributed by atoms with Crippen LogP contribution in [0, 0.1) is 0 Å². The largest absolute Gasteiger partial charge is 0.399 e. The molecule has 0 unspecified atom stereocenters. The average molecular weight is 340 g/mol. The Morgan fingerprint density at radius 1 is 1.04 bits per heavy atom. The molecule has 0 saturated heterocycles. The maximum Gasteiger partial charge on any atom is 0.220 e. The molecule has 4 aromatic rings. The molecule has 24 heavy (non-hydrogen) atoms. The van der Waals surface area contributed by atoms with Crippen LogP contribution in [-0.2, 0) is 6.54 Å². The monoisotopic (exact) mass is 339 g/mol. The van der Waals surface area contributed by atoms with Crippen LogP contribution in [0.25, 0.3) is 22.6 Å². The van der Waals surface area contributed by atoms with Gasteiger partial charge >= 0.3 is 0 Å². The molecule has 0 atom stereocenters. The summed E-state index contributed by atoms with van der Waals surface area (Å²) >= 11 is 0. The van der Waals surface area contributed by atoms with Crippen LogP contribution >= 0.6 is 12.4 Å². The van der Waals surface area contributed by atoms with Gasteiger partial charge in [-0.2, -0.15) is 0 Å². The van der Waals surface area contributed by atoms with Crippen molar-refractivity contribution in [2.75, 3.05) is 5.73 Å². The van der Waals surface area contributed by atoms with Crippen LogP contribution in [0.3, 0.4) is 0 Å². The standard InChI is InChI=1S/C16H13N7.ClH/c17-13-6-3-4-11(8-13)10-23-16(20-21-22-23)15-18-9-12-5-1-2-7-14(12)19-15;/h1-9H,10,17H2;1H. The van der Waals surface area contributed by atoms with Crippen molar-refractivity contribution in [1.29, 1.82) is 0 Å². The summed E-state index contributed by atoms with van der Waals surface area (Å²) in [4.78, 5) is 8.91. The molecule has 0 aliphatic carbocycles. The molecular formula is C16H14ClN7. The Balaban J connectivity index is 0.00000169. The molecule has 4 rings (SSSR count). The van der Waals surface area contributed by atoms with Crippen molar-refractivity contribution in [3.63, 3.8) is 0 Å². The third-order valence-corrected chi connectivity index (χ3v) is 3.50. The summed E-state index contributed by atoms with van der Waals surface area (Å²) in [6.45, 7) is 0.504. The van der Waals surface area contributed by atoms with Gasteiger partial charge in [-0.15, -0.1) is 17.5 Å². The van der Waals surface area contributed by atoms with Crippen LogP contribution in [0.15, 0.2) is 54.7 Å². The molecule has 120 valence electrons. The molecule has 0 aliphatic rings. The normalized spacial score (nSPS) is 10.5. The van der Waals surface area contributed by atoms with Gasteiger partial charge in [-0.25, -0.2) is 14.6 Å². The topological polar surface area (TPSA) is 95.4 Å². The van der Waals surface area contributed by atoms with E-state index in [0.29, 0.717) is 23.9 Å². The molecule has 0 bridgehead atoms. The number of benzene rings is 2. The summed E-state index contributed by atoms with van der Waals surface area (Å²) in [5.41, 5.74) is 8.39. The summed E-state index contributed by atoms with van der Waals surface area (Å²) in [6, 6.07) is 15.4. The molecule has 8 heteroatoms. The number of fused-ring (bicyclic) bond motifs is 1. The second-order valence-electron chi connectivity index (χ2n) is 5.16. The summed E-state index contributed by atoms with van der Waals surface area (Å²) in [5.74, 6) is 1.02. The van der Waals surface area contributed by atoms with E-state index in [1.165, 1.54) is 0 Å². The van der Waals surface area contributed by atoms with Gasteiger partial charge in [0.05, 0.1) is 12.1 Å². The number of aromatic nitrogens is 6. The zero-order valence-electron chi connectivity index (χ0n) is 12.6. The lowest BCUT2D eigenvalue weighted by Gasteiger charge is -2.05. The lowest BCUT2D eigenvalue weighted by molar-refractivity contribution is 0.651. The van der Waals surface area contributed by atoms with E-state index < -0.39 is 0 Å². The highest BCUT2D eigenvalue weighted by molar-refractivity contribution is 5.85. The minimum absolute atomic E-state index is 0. The number of tetrazole rings is 1. The maximum absolute atomic E-state index is 5.81. The first-order valence-corrected chi connectivity index (χ1v) is 7.12. The lowest BCUT2D eigenvalue weighted by Crippen LogP contribution is -2.06. The molecule has 0 fully saturated rings. The minimum atomic E-state index is 0. The number of halogens is 1. The Kier molecular flexibility index (Phi) is 4.35. The van der Waals surface area contributed by atoms with Crippen molar-refractivity contribution in [1.82, 2.24) is 30.2 Å². The fourth-order valence-electron chi connectivity index (χ4n) is 2.42. The SMILES string of the molecule is Cl.Nc1cccc(Cn2nnnc2-c2ncc3ccccc3n2)c1. The molecule has 7 nitrogen and oxygen atoms in total. The first-order chi connectivity index (χ1) is 11.3. The third kappa shape index (κ3) is 3.02. The van der Waals surface area contributed by atoms with Gasteiger partial charge in [-0.3, -0.25) is 0 Å². The number of rotatable bonds is 3. The first-order valence-electron chi connectivity index (χ1n) is 7.12. The van der Waals surface area contributed by atoms with Gasteiger partial charge in [0.15, 0.2) is 5.82 Å². The average Bonchev–Trinajstić information content (AvgIpc) is 3.02. The second kappa shape index (κ2) is 6.59. The van der Waals surface area contributed by atoms with Crippen molar-refractivity contribution >= 4 is 29.0 Å². The van der Waals surface area contributed by atoms with Gasteiger partial charge in [-0.1, -0.05) is 30.3 Å². The van der Waals surface area contributed by atoms with Crippen LogP contribution < -0.4 is 5.73 Å². The van der Waals surface area contributed by atoms with Gasteiger partial charge in [0, 0.05) is 17.3 Å². The lowest BCUT2D eigenvalue weighted by atomic mass is 10.2. The van der Waals surface area contributed by atoms with Crippen molar-refractivity contribution in [3.8, 4) is 11.6 Å². The number of hydrogen-bond acceptors (Lipinski definition) is 6. The predicted octanol–water partition coefficient (Wildman–Crippen LogP) is 2.34. The summed E-state index contributed by atoms with van der Waals surface area (Å²) in [5, 5.41) is 12.8. The summed E-state index contributed by atoms with van der Waals surface area (Å²) in [7, 11) is 0. The van der Waals surface area contributed by atoms with E-state index in [9.17, 15) is 0 Å². The van der Waals surface area contributed by atoms with E-state index >= 15 is 0 Å². The fraction of sp³-hybridized carbons (Fsp3) is 0.0625. The zero-order chi connectivity index (χ0) is 15.6. The number of nitrogens with two attached hydrogens (primary N) is 1. The van der Waals surface area contributed by atoms with Gasteiger partial charge in [0.1, 0.15) is 0 Å². The third-order valence-electron chi connectivity index (χ3n) is 3.50. The Bertz CT molecular complexity index is 983. The Hall–Kier alpha value is -3.06. The van der Waals surface area contributed by atoms with E-state index in [4.69, 9.17) is 5.73 Å². The summed E-state index contributed by atoms with van der Waals surface area (Å²) in [6.07, 6.45) is 1.77. The molecule has 0 aliphatic heterocycles. The zero-order valence-corrected chi connectivity index (χ0v) is 13.4. The Morgan fingerprint density at radius 2 is 1.92 bits per heavy atom. The highest BCUT2D eigenvalue weighted by Crippen LogP contribution is 2.17. The number of nitrogens with zero attached hydrogens (tertiary/aromatic N) is 6. The predicted molar refractivity (Wildman–Crippen MR) is 93.6 cm³/mol. The highest BCUT2D eigenvalue weighted by Gasteiger charge is 2.13. The van der Waals surface area contributed by atoms with Crippen LogP contribution in [0.2, 0.25) is 0 Å². The van der Waals surface area contributed by atoms with Gasteiger partial charge in [0.2, 0.25) is 5.82 Å². The first kappa shape index (κ1) is 15.8. The van der Waals surface area contributed by atoms with Crippen molar-refractivity contribution in [2.24, 2.45) is 0 Å². The molecule has 2 N–H and O–H groups in total. The van der Waals surface area contributed by atoms with Crippen LogP contribution in [0.4, 0.5) is 5.69 Å². The van der Waals surface area contributed by atoms with Gasteiger partial charge in [-0.05, 0) is 34.2 Å². The number of anilines is 1. The Labute approximate surface area is 144 Å². The maximum atomic E-state index is 5.81. The molecular weight excluding hydrogens is 326 g/mol. The fourth-order valence-corrected chi connectivity index (χ4v) is 2.42. The second-order valence-corrected chi connectivity index (χ2v) is 5.16. The van der Waals surface area contributed by atoms with Crippen molar-refractivity contribution < 1.29 is 0 Å². The van der Waals surface area contributed by atoms with Crippen LogP contribution in [0.5, 0.6) is 0 Å². The summed E-state index contributed by atoms with van der Waals surface area (Å²) < 4.78 is 1.67. The number of para-hydroxylation sites is 1. The van der Waals surface area contributed by atoms with E-state index in [0.717, 1.165) is 16.5 Å². The van der Waals surface area contributed by atoms with Crippen molar-refractivity contribution in [3.05, 3.63) is 60.3 Å². The highest BCUT2D eigenvalue weighted by atomic mass is 35.5. The smallest absolute Gasteiger partial charge is 0.220 e. The van der Waals surface area contributed by atoms with E-state index in [-0.39, 0.29) is 12.4 Å². The number of hydrogen-bond donors (Lipinski definition) is 1. The van der Waals surface area contributed by atoms with E-state index in [1.54, 1.807) is 10.9 Å². The van der Waals surface area contributed by atoms with Crippen molar-refractivity contribution in [2.45, 2.75) is 6.54 Å². The van der Waals surface area contributed by atoms with E-state index in [1.807, 2.05) is 48.5 Å². The molecule has 2 aromatic carbocycles. The molecule has 0 spiro atoms. The molecule has 2 aromatic heterocycles. The number of nitrogen functional groups attached to an aromatic ring is 1. The molecule has 0 amide bonds. The minimum Gasteiger partial charge on any atom is -0.399 e. The van der Waals surface area contributed by atoms with Gasteiger partial charge in [0.25, 0.3) is 0 Å². The molecule has 0 saturated carbocycles. The van der Waals surface area contributed by atoms with Crippen LogP contribution in [-0.4, -0.2) is 30.2 Å². The molecule has 2 heterocycles. The van der Waals surface area contributed by atoms with Gasteiger partial charge < -0.3 is 5.73 Å².